The minimum atomic E-state index is -0.0246. The van der Waals surface area contributed by atoms with Crippen molar-refractivity contribution in [3.63, 3.8) is 0 Å². The Kier molecular flexibility index (Phi) is 2.91. The van der Waals surface area contributed by atoms with Crippen LogP contribution in [0.15, 0.2) is 30.5 Å². The van der Waals surface area contributed by atoms with Gasteiger partial charge in [0.1, 0.15) is 0 Å². The molecule has 1 fully saturated rings. The highest BCUT2D eigenvalue weighted by molar-refractivity contribution is 5.86. The Bertz CT molecular complexity index is 619. The molecule has 5 heteroatoms. The third-order valence-corrected chi connectivity index (χ3v) is 3.69. The molecule has 1 saturated heterocycles. The molecule has 0 radical (unpaired) electrons. The number of carbonyl (C=O) groups excluding carboxylic acids is 1. The van der Waals surface area contributed by atoms with Gasteiger partial charge >= 0.3 is 6.03 Å². The van der Waals surface area contributed by atoms with Gasteiger partial charge in [-0.15, -0.1) is 0 Å². The van der Waals surface area contributed by atoms with Crippen LogP contribution >= 0.6 is 0 Å². The first-order valence-corrected chi connectivity index (χ1v) is 6.50. The summed E-state index contributed by atoms with van der Waals surface area (Å²) in [6, 6.07) is 8.27. The summed E-state index contributed by atoms with van der Waals surface area (Å²) in [5.41, 5.74) is 7.88. The van der Waals surface area contributed by atoms with Crippen molar-refractivity contribution >= 4 is 16.9 Å². The zero-order chi connectivity index (χ0) is 13.4. The van der Waals surface area contributed by atoms with Crippen molar-refractivity contribution in [3.8, 4) is 0 Å². The average molecular weight is 258 g/mol. The molecule has 2 amide bonds. The monoisotopic (exact) mass is 258 g/mol. The van der Waals surface area contributed by atoms with Crippen LogP contribution in [0.3, 0.4) is 0 Å². The fraction of sp³-hybridized carbons (Fsp3) is 0.357. The molecule has 100 valence electrons. The topological polar surface area (TPSA) is 63.3 Å². The molecule has 0 aliphatic carbocycles. The maximum Gasteiger partial charge on any atom is 0.318 e. The van der Waals surface area contributed by atoms with E-state index in [9.17, 15) is 4.79 Å². The summed E-state index contributed by atoms with van der Waals surface area (Å²) in [6.45, 7) is 1.78. The molecule has 1 atom stereocenters. The van der Waals surface area contributed by atoms with E-state index >= 15 is 0 Å². The molecule has 0 spiro atoms. The molecule has 5 nitrogen and oxygen atoms in total. The first-order valence-electron chi connectivity index (χ1n) is 6.50. The molecule has 1 aliphatic rings. The number of urea groups is 1. The molecule has 2 aromatic rings. The number of benzene rings is 1. The molecular weight excluding hydrogens is 240 g/mol. The fourth-order valence-corrected chi connectivity index (χ4v) is 2.76. The zero-order valence-corrected chi connectivity index (χ0v) is 11.0. The summed E-state index contributed by atoms with van der Waals surface area (Å²) in [6.07, 6.45) is 2.10. The van der Waals surface area contributed by atoms with Crippen molar-refractivity contribution in [2.75, 3.05) is 19.6 Å². The molecule has 3 N–H and O–H groups in total. The van der Waals surface area contributed by atoms with Crippen molar-refractivity contribution in [2.45, 2.75) is 6.04 Å². The van der Waals surface area contributed by atoms with Crippen molar-refractivity contribution in [1.82, 2.24) is 14.8 Å². The van der Waals surface area contributed by atoms with E-state index in [0.717, 1.165) is 0 Å². The Balaban J connectivity index is 1.96. The van der Waals surface area contributed by atoms with Crippen LogP contribution in [0.2, 0.25) is 0 Å². The van der Waals surface area contributed by atoms with Crippen LogP contribution < -0.4 is 11.1 Å². The number of aryl methyl sites for hydroxylation is 1. The molecule has 0 saturated carbocycles. The largest absolute Gasteiger partial charge is 0.350 e. The van der Waals surface area contributed by atoms with Crippen LogP contribution in [0.5, 0.6) is 0 Å². The summed E-state index contributed by atoms with van der Waals surface area (Å²) in [4.78, 5) is 13.6. The van der Waals surface area contributed by atoms with Crippen LogP contribution in [0.4, 0.5) is 4.79 Å². The van der Waals surface area contributed by atoms with Crippen LogP contribution in [0, 0.1) is 0 Å². The van der Waals surface area contributed by atoms with E-state index in [1.807, 2.05) is 19.2 Å². The molecule has 1 unspecified atom stereocenters. The Hall–Kier alpha value is -2.01. The number of rotatable bonds is 3. The SMILES string of the molecule is Cn1cc(C2CN(CCN)C(=O)N2)c2ccccc21. The number of amides is 2. The first kappa shape index (κ1) is 12.0. The second-order valence-corrected chi connectivity index (χ2v) is 4.95. The Labute approximate surface area is 112 Å². The van der Waals surface area contributed by atoms with E-state index < -0.39 is 0 Å². The number of hydrogen-bond donors (Lipinski definition) is 2. The van der Waals surface area contributed by atoms with Gasteiger partial charge in [-0.2, -0.15) is 0 Å². The summed E-state index contributed by atoms with van der Waals surface area (Å²) in [5, 5.41) is 4.23. The lowest BCUT2D eigenvalue weighted by atomic mass is 10.1. The van der Waals surface area contributed by atoms with E-state index in [-0.39, 0.29) is 12.1 Å². The average Bonchev–Trinajstić information content (AvgIpc) is 2.93. The molecule has 1 aliphatic heterocycles. The van der Waals surface area contributed by atoms with Gasteiger partial charge in [0.15, 0.2) is 0 Å². The Morgan fingerprint density at radius 3 is 3.00 bits per heavy atom. The maximum absolute atomic E-state index is 11.8. The lowest BCUT2D eigenvalue weighted by Gasteiger charge is -2.12. The number of nitrogens with two attached hydrogens (primary N) is 1. The molecule has 3 rings (SSSR count). The summed E-state index contributed by atoms with van der Waals surface area (Å²) in [5.74, 6) is 0. The van der Waals surface area contributed by atoms with E-state index in [1.165, 1.54) is 16.5 Å². The van der Waals surface area contributed by atoms with E-state index in [1.54, 1.807) is 4.90 Å². The smallest absolute Gasteiger partial charge is 0.318 e. The molecule has 19 heavy (non-hydrogen) atoms. The Morgan fingerprint density at radius 2 is 2.21 bits per heavy atom. The predicted molar refractivity (Wildman–Crippen MR) is 74.8 cm³/mol. The minimum Gasteiger partial charge on any atom is -0.350 e. The van der Waals surface area contributed by atoms with Crippen molar-refractivity contribution < 1.29 is 4.79 Å². The van der Waals surface area contributed by atoms with Crippen LogP contribution in [-0.4, -0.2) is 35.1 Å². The molecule has 1 aromatic heterocycles. The highest BCUT2D eigenvalue weighted by Crippen LogP contribution is 2.28. The summed E-state index contributed by atoms with van der Waals surface area (Å²) >= 11 is 0. The van der Waals surface area contributed by atoms with Crippen molar-refractivity contribution in [2.24, 2.45) is 12.8 Å². The maximum atomic E-state index is 11.8. The number of aromatic nitrogens is 1. The lowest BCUT2D eigenvalue weighted by Crippen LogP contribution is -2.32. The van der Waals surface area contributed by atoms with Gasteiger partial charge in [0.25, 0.3) is 0 Å². The molecule has 2 heterocycles. The van der Waals surface area contributed by atoms with Crippen LogP contribution in [-0.2, 0) is 7.05 Å². The number of nitrogens with one attached hydrogen (secondary N) is 1. The van der Waals surface area contributed by atoms with Gasteiger partial charge in [0.05, 0.1) is 6.04 Å². The number of carbonyl (C=O) groups is 1. The van der Waals surface area contributed by atoms with Gasteiger partial charge in [0.2, 0.25) is 0 Å². The first-order chi connectivity index (χ1) is 9.20. The lowest BCUT2D eigenvalue weighted by molar-refractivity contribution is 0.218. The highest BCUT2D eigenvalue weighted by Gasteiger charge is 2.30. The highest BCUT2D eigenvalue weighted by atomic mass is 16.2. The van der Waals surface area contributed by atoms with E-state index in [4.69, 9.17) is 5.73 Å². The number of para-hydroxylation sites is 1. The van der Waals surface area contributed by atoms with Gasteiger partial charge in [-0.05, 0) is 6.07 Å². The number of fused-ring (bicyclic) bond motifs is 1. The van der Waals surface area contributed by atoms with E-state index in [2.05, 4.69) is 28.2 Å². The summed E-state index contributed by atoms with van der Waals surface area (Å²) < 4.78 is 2.10. The second-order valence-electron chi connectivity index (χ2n) is 4.95. The van der Waals surface area contributed by atoms with Crippen LogP contribution in [0.25, 0.3) is 10.9 Å². The zero-order valence-electron chi connectivity index (χ0n) is 11.0. The van der Waals surface area contributed by atoms with E-state index in [0.29, 0.717) is 19.6 Å². The Morgan fingerprint density at radius 1 is 1.42 bits per heavy atom. The second kappa shape index (κ2) is 4.59. The third kappa shape index (κ3) is 1.96. The van der Waals surface area contributed by atoms with Gasteiger partial charge < -0.3 is 20.5 Å². The molecular formula is C14H18N4O. The summed E-state index contributed by atoms with van der Waals surface area (Å²) in [7, 11) is 2.03. The standard InChI is InChI=1S/C14H18N4O/c1-17-8-11(10-4-2-3-5-13(10)17)12-9-18(7-6-15)14(19)16-12/h2-5,8,12H,6-7,9,15H2,1H3,(H,16,19). The van der Waals surface area contributed by atoms with Gasteiger partial charge in [-0.25, -0.2) is 4.79 Å². The van der Waals surface area contributed by atoms with Gasteiger partial charge in [-0.1, -0.05) is 18.2 Å². The number of hydrogen-bond acceptors (Lipinski definition) is 2. The van der Waals surface area contributed by atoms with Crippen molar-refractivity contribution in [3.05, 3.63) is 36.0 Å². The fourth-order valence-electron chi connectivity index (χ4n) is 2.76. The van der Waals surface area contributed by atoms with Gasteiger partial charge in [-0.3, -0.25) is 0 Å². The number of nitrogens with zero attached hydrogens (tertiary/aromatic N) is 2. The molecule has 0 bridgehead atoms. The molecule has 1 aromatic carbocycles. The quantitative estimate of drug-likeness (QED) is 0.869. The van der Waals surface area contributed by atoms with Gasteiger partial charge in [0, 0.05) is 49.3 Å². The van der Waals surface area contributed by atoms with Crippen LogP contribution in [0.1, 0.15) is 11.6 Å². The van der Waals surface area contributed by atoms with Crippen molar-refractivity contribution in [1.29, 1.82) is 0 Å². The predicted octanol–water partition coefficient (Wildman–Crippen LogP) is 1.20. The normalized spacial score (nSPS) is 19.2. The third-order valence-electron chi connectivity index (χ3n) is 3.69. The minimum absolute atomic E-state index is 0.0246.